The number of para-hydroxylation sites is 1. The predicted octanol–water partition coefficient (Wildman–Crippen LogP) is 3.14. The lowest BCUT2D eigenvalue weighted by molar-refractivity contribution is -0.925. The first-order chi connectivity index (χ1) is 17.0. The monoisotopic (exact) mass is 464 g/mol. The number of fused-ring (bicyclic) bond motifs is 3. The lowest BCUT2D eigenvalue weighted by Gasteiger charge is -2.35. The molecule has 1 aromatic heterocycles. The number of H-pyrrole nitrogens is 1. The van der Waals surface area contributed by atoms with Gasteiger partial charge in [0.15, 0.2) is 0 Å². The van der Waals surface area contributed by atoms with E-state index in [2.05, 4.69) is 17.1 Å². The van der Waals surface area contributed by atoms with E-state index in [4.69, 9.17) is 0 Å². The highest BCUT2D eigenvalue weighted by atomic mass is 16.2. The Morgan fingerprint density at radius 1 is 0.943 bits per heavy atom. The quantitative estimate of drug-likeness (QED) is 0.352. The second kappa shape index (κ2) is 8.32. The van der Waals surface area contributed by atoms with Crippen molar-refractivity contribution in [2.24, 2.45) is 0 Å². The van der Waals surface area contributed by atoms with Crippen LogP contribution >= 0.6 is 0 Å². The lowest BCUT2D eigenvalue weighted by Crippen LogP contribution is -3.14. The number of nitrogens with zero attached hydrogens (tertiary/aromatic N) is 1. The van der Waals surface area contributed by atoms with E-state index in [0.29, 0.717) is 17.7 Å². The van der Waals surface area contributed by atoms with E-state index in [1.165, 1.54) is 10.5 Å². The van der Waals surface area contributed by atoms with Crippen molar-refractivity contribution in [2.75, 3.05) is 19.6 Å². The van der Waals surface area contributed by atoms with Crippen LogP contribution in [0.3, 0.4) is 0 Å². The van der Waals surface area contributed by atoms with Crippen LogP contribution in [0.5, 0.6) is 0 Å². The third kappa shape index (κ3) is 3.49. The van der Waals surface area contributed by atoms with Crippen molar-refractivity contribution in [3.05, 3.63) is 106 Å². The summed E-state index contributed by atoms with van der Waals surface area (Å²) < 4.78 is 0. The first-order valence-corrected chi connectivity index (χ1v) is 12.0. The van der Waals surface area contributed by atoms with E-state index in [9.17, 15) is 14.4 Å². The number of amides is 2. The third-order valence-electron chi connectivity index (χ3n) is 7.44. The summed E-state index contributed by atoms with van der Waals surface area (Å²) in [5, 5.41) is 0.934. The summed E-state index contributed by atoms with van der Waals surface area (Å²) in [4.78, 5) is 45.6. The molecule has 0 radical (unpaired) electrons. The van der Waals surface area contributed by atoms with Crippen LogP contribution in [0.25, 0.3) is 10.9 Å². The number of quaternary nitrogens is 1. The lowest BCUT2D eigenvalue weighted by atomic mass is 9.91. The van der Waals surface area contributed by atoms with E-state index < -0.39 is 0 Å². The number of Topliss-reactive ketones (excluding diaryl/α,β-unsaturated/α-hetero) is 1. The molecule has 174 valence electrons. The van der Waals surface area contributed by atoms with Crippen molar-refractivity contribution in [1.29, 1.82) is 0 Å². The zero-order valence-electron chi connectivity index (χ0n) is 19.5. The van der Waals surface area contributed by atoms with Gasteiger partial charge in [0.1, 0.15) is 12.6 Å². The van der Waals surface area contributed by atoms with Gasteiger partial charge in [-0.2, -0.15) is 0 Å². The molecule has 3 heterocycles. The molecule has 2 N–H and O–H groups in total. The zero-order valence-corrected chi connectivity index (χ0v) is 19.5. The van der Waals surface area contributed by atoms with Crippen LogP contribution in [0.1, 0.15) is 53.9 Å². The van der Waals surface area contributed by atoms with Crippen LogP contribution in [0.15, 0.2) is 72.8 Å². The highest BCUT2D eigenvalue weighted by Crippen LogP contribution is 2.27. The molecular formula is C29H26N3O3+. The molecule has 6 heteroatoms. The predicted molar refractivity (Wildman–Crippen MR) is 133 cm³/mol. The van der Waals surface area contributed by atoms with Gasteiger partial charge < -0.3 is 9.88 Å². The van der Waals surface area contributed by atoms with Gasteiger partial charge in [0.2, 0.25) is 5.78 Å². The Labute approximate surface area is 203 Å². The van der Waals surface area contributed by atoms with Crippen LogP contribution in [0.4, 0.5) is 0 Å². The fourth-order valence-corrected chi connectivity index (χ4v) is 5.75. The normalized spacial score (nSPS) is 19.2. The Bertz CT molecular complexity index is 1470. The smallest absolute Gasteiger partial charge is 0.261 e. The number of aryl methyl sites for hydroxylation is 1. The molecule has 0 saturated heterocycles. The molecular weight excluding hydrogens is 438 g/mol. The number of aromatic nitrogens is 1. The largest absolute Gasteiger partial charge is 0.358 e. The van der Waals surface area contributed by atoms with Gasteiger partial charge in [-0.05, 0) is 30.7 Å². The minimum absolute atomic E-state index is 0.0710. The summed E-state index contributed by atoms with van der Waals surface area (Å²) in [5.74, 6) is -0.444. The topological polar surface area (TPSA) is 74.7 Å². The van der Waals surface area contributed by atoms with Crippen molar-refractivity contribution < 1.29 is 19.3 Å². The highest BCUT2D eigenvalue weighted by molar-refractivity contribution is 6.21. The number of rotatable bonds is 5. The number of ketones is 1. The summed E-state index contributed by atoms with van der Waals surface area (Å²) in [6.07, 6.45) is 0.851. The minimum atomic E-state index is -0.258. The standard InChI is InChI=1S/C29H25N3O3/c1-18-27(23-12-6-7-13-24(23)30-18)26(33)17-31-15-14-19-8-2-3-9-20(19)25(31)16-32-28(34)21-10-4-5-11-22(21)29(32)35/h2-13,25,30H,14-17H2,1H3/p+1/t25-/m1/s1. The van der Waals surface area contributed by atoms with Crippen LogP contribution in [0.2, 0.25) is 0 Å². The maximum atomic E-state index is 13.6. The van der Waals surface area contributed by atoms with E-state index in [0.717, 1.165) is 45.6 Å². The van der Waals surface area contributed by atoms with Crippen molar-refractivity contribution >= 4 is 28.5 Å². The molecule has 4 aromatic rings. The summed E-state index contributed by atoms with van der Waals surface area (Å²) in [5.41, 5.74) is 5.77. The fraction of sp³-hybridized carbons (Fsp3) is 0.207. The molecule has 1 unspecified atom stereocenters. The maximum Gasteiger partial charge on any atom is 0.261 e. The van der Waals surface area contributed by atoms with Gasteiger partial charge in [0, 0.05) is 28.6 Å². The Hall–Kier alpha value is -4.03. The molecule has 2 atom stereocenters. The molecule has 0 saturated carbocycles. The molecule has 3 aromatic carbocycles. The molecule has 2 aliphatic rings. The average Bonchev–Trinajstić information content (AvgIpc) is 3.34. The molecule has 0 fully saturated rings. The van der Waals surface area contributed by atoms with Gasteiger partial charge in [-0.3, -0.25) is 19.3 Å². The summed E-state index contributed by atoms with van der Waals surface area (Å²) >= 11 is 0. The summed E-state index contributed by atoms with van der Waals surface area (Å²) in [6, 6.07) is 22.8. The Balaban J connectivity index is 1.33. The first-order valence-electron chi connectivity index (χ1n) is 12.0. The fourth-order valence-electron chi connectivity index (χ4n) is 5.75. The van der Waals surface area contributed by atoms with E-state index >= 15 is 0 Å². The van der Waals surface area contributed by atoms with Gasteiger partial charge in [-0.25, -0.2) is 0 Å². The number of carbonyl (C=O) groups is 3. The Kier molecular flexibility index (Phi) is 5.11. The van der Waals surface area contributed by atoms with Gasteiger partial charge in [-0.1, -0.05) is 54.6 Å². The second-order valence-corrected chi connectivity index (χ2v) is 9.45. The summed E-state index contributed by atoms with van der Waals surface area (Å²) in [7, 11) is 0. The second-order valence-electron chi connectivity index (χ2n) is 9.45. The molecule has 35 heavy (non-hydrogen) atoms. The van der Waals surface area contributed by atoms with Crippen molar-refractivity contribution in [3.8, 4) is 0 Å². The molecule has 6 nitrogen and oxygen atoms in total. The van der Waals surface area contributed by atoms with Gasteiger partial charge >= 0.3 is 0 Å². The molecule has 0 spiro atoms. The Morgan fingerprint density at radius 3 is 2.37 bits per heavy atom. The maximum absolute atomic E-state index is 13.6. The SMILES string of the molecule is Cc1[nH]c2ccccc2c1C(=O)C[NH+]1CCc2ccccc2[C@H]1CN1C(=O)c2ccccc2C1=O. The average molecular weight is 465 g/mol. The zero-order chi connectivity index (χ0) is 24.1. The highest BCUT2D eigenvalue weighted by Gasteiger charge is 2.41. The number of carbonyl (C=O) groups excluding carboxylic acids is 3. The number of imide groups is 1. The van der Waals surface area contributed by atoms with Gasteiger partial charge in [0.25, 0.3) is 11.8 Å². The van der Waals surface area contributed by atoms with Crippen LogP contribution in [-0.2, 0) is 6.42 Å². The molecule has 2 aliphatic heterocycles. The first kappa shape index (κ1) is 21.5. The number of hydrogen-bond donors (Lipinski definition) is 2. The van der Waals surface area contributed by atoms with E-state index in [1.54, 1.807) is 24.3 Å². The number of benzene rings is 3. The Morgan fingerprint density at radius 2 is 1.60 bits per heavy atom. The molecule has 2 amide bonds. The van der Waals surface area contributed by atoms with Gasteiger partial charge in [-0.15, -0.1) is 0 Å². The number of nitrogens with one attached hydrogen (secondary N) is 2. The van der Waals surface area contributed by atoms with Crippen LogP contribution in [0, 0.1) is 6.92 Å². The van der Waals surface area contributed by atoms with E-state index in [-0.39, 0.29) is 30.2 Å². The van der Waals surface area contributed by atoms with Crippen molar-refractivity contribution in [3.63, 3.8) is 0 Å². The number of hydrogen-bond acceptors (Lipinski definition) is 3. The van der Waals surface area contributed by atoms with E-state index in [1.807, 2.05) is 43.3 Å². The van der Waals surface area contributed by atoms with Crippen molar-refractivity contribution in [2.45, 2.75) is 19.4 Å². The molecule has 6 rings (SSSR count). The van der Waals surface area contributed by atoms with Crippen LogP contribution < -0.4 is 4.90 Å². The third-order valence-corrected chi connectivity index (χ3v) is 7.44. The van der Waals surface area contributed by atoms with Gasteiger partial charge in [0.05, 0.1) is 29.8 Å². The minimum Gasteiger partial charge on any atom is -0.358 e. The van der Waals surface area contributed by atoms with Crippen molar-refractivity contribution in [1.82, 2.24) is 9.88 Å². The molecule has 0 bridgehead atoms. The summed E-state index contributed by atoms with van der Waals surface area (Å²) in [6.45, 7) is 3.24. The number of aromatic amines is 1. The van der Waals surface area contributed by atoms with Crippen LogP contribution in [-0.4, -0.2) is 47.1 Å². The molecule has 0 aliphatic carbocycles.